The molecule has 12 rings (SSSR count). The second kappa shape index (κ2) is 13.9. The third-order valence-corrected chi connectivity index (χ3v) is 12.6. The zero-order valence-corrected chi connectivity index (χ0v) is 32.9. The molecular weight excluding hydrogens is 721 g/mol. The van der Waals surface area contributed by atoms with E-state index in [1.54, 1.807) is 0 Å². The third-order valence-electron chi connectivity index (χ3n) is 12.6. The molecule has 0 aliphatic heterocycles. The smallest absolute Gasteiger partial charge is 0.00261 e. The molecule has 0 amide bonds. The Bertz CT molecular complexity index is 3590. The van der Waals surface area contributed by atoms with E-state index < -0.39 is 0 Å². The van der Waals surface area contributed by atoms with Crippen molar-refractivity contribution in [3.63, 3.8) is 0 Å². The predicted octanol–water partition coefficient (Wildman–Crippen LogP) is 16.9. The molecule has 0 spiro atoms. The molecule has 0 N–H and O–H groups in total. The lowest BCUT2D eigenvalue weighted by molar-refractivity contribution is 1.61. The van der Waals surface area contributed by atoms with E-state index in [0.29, 0.717) is 0 Å². The van der Waals surface area contributed by atoms with Crippen molar-refractivity contribution in [3.05, 3.63) is 231 Å². The minimum absolute atomic E-state index is 1.20. The van der Waals surface area contributed by atoms with Gasteiger partial charge in [0.25, 0.3) is 0 Å². The second-order valence-electron chi connectivity index (χ2n) is 16.0. The maximum absolute atomic E-state index is 2.45. The van der Waals surface area contributed by atoms with Crippen LogP contribution in [0.4, 0.5) is 0 Å². The number of fused-ring (bicyclic) bond motifs is 7. The van der Waals surface area contributed by atoms with Gasteiger partial charge in [-0.3, -0.25) is 0 Å². The van der Waals surface area contributed by atoms with E-state index in [9.17, 15) is 0 Å². The maximum atomic E-state index is 2.45. The van der Waals surface area contributed by atoms with Gasteiger partial charge in [-0.25, -0.2) is 0 Å². The summed E-state index contributed by atoms with van der Waals surface area (Å²) < 4.78 is 0. The highest BCUT2D eigenvalue weighted by Crippen LogP contribution is 2.46. The molecule has 0 radical (unpaired) electrons. The molecule has 0 fully saturated rings. The minimum atomic E-state index is 1.20. The van der Waals surface area contributed by atoms with Crippen molar-refractivity contribution >= 4 is 64.6 Å². The largest absolute Gasteiger partial charge is 0.0622 e. The molecule has 12 aromatic rings. The molecule has 0 atom stereocenters. The zero-order valence-electron chi connectivity index (χ0n) is 32.9. The summed E-state index contributed by atoms with van der Waals surface area (Å²) in [6, 6.07) is 85.3. The van der Waals surface area contributed by atoms with E-state index in [1.165, 1.54) is 120 Å². The summed E-state index contributed by atoms with van der Waals surface area (Å²) in [5.41, 5.74) is 12.3. The van der Waals surface area contributed by atoms with Crippen LogP contribution < -0.4 is 0 Å². The summed E-state index contributed by atoms with van der Waals surface area (Å²) in [7, 11) is 0. The van der Waals surface area contributed by atoms with Crippen molar-refractivity contribution in [3.8, 4) is 55.6 Å². The molecule has 0 aliphatic carbocycles. The number of rotatable bonds is 5. The van der Waals surface area contributed by atoms with Crippen molar-refractivity contribution in [1.82, 2.24) is 0 Å². The van der Waals surface area contributed by atoms with Crippen LogP contribution >= 0.6 is 0 Å². The highest BCUT2D eigenvalue weighted by molar-refractivity contribution is 6.22. The van der Waals surface area contributed by atoms with Crippen LogP contribution in [0, 0.1) is 0 Å². The van der Waals surface area contributed by atoms with Gasteiger partial charge >= 0.3 is 0 Å². The van der Waals surface area contributed by atoms with Crippen LogP contribution in [0.15, 0.2) is 231 Å². The molecule has 0 saturated heterocycles. The molecule has 0 bridgehead atoms. The molecule has 60 heavy (non-hydrogen) atoms. The van der Waals surface area contributed by atoms with E-state index in [1.807, 2.05) is 0 Å². The predicted molar refractivity (Wildman–Crippen MR) is 259 cm³/mol. The Morgan fingerprint density at radius 2 is 0.633 bits per heavy atom. The van der Waals surface area contributed by atoms with E-state index in [4.69, 9.17) is 0 Å². The van der Waals surface area contributed by atoms with Gasteiger partial charge in [-0.2, -0.15) is 0 Å². The minimum Gasteiger partial charge on any atom is -0.0622 e. The summed E-state index contributed by atoms with van der Waals surface area (Å²) in [6.07, 6.45) is 0. The highest BCUT2D eigenvalue weighted by Gasteiger charge is 2.18. The summed E-state index contributed by atoms with van der Waals surface area (Å²) in [6.45, 7) is 0. The SMILES string of the molecule is c1ccc(-c2c3ccccc3c(-c3ccc4cc(-c5ccc6ccccc6c5)cc(-c5cccc(-c6cc7ccccc7c7ccccc67)c5)c4c3)c3ccccc23)cc1. The van der Waals surface area contributed by atoms with Crippen LogP contribution in [0.1, 0.15) is 0 Å². The van der Waals surface area contributed by atoms with Gasteiger partial charge in [0.05, 0.1) is 0 Å². The fraction of sp³-hybridized carbons (Fsp3) is 0. The summed E-state index contributed by atoms with van der Waals surface area (Å²) >= 11 is 0. The Balaban J connectivity index is 1.12. The standard InChI is InChI=1S/C60H38/c1-2-16-40(17-3-1)59-52-25-10-12-27-54(52)60(55-28-13-11-26-53(55)59)47-32-31-46-35-48(42-30-29-39-15-4-5-18-41(39)33-42)38-58(57(46)37-47)44-21-14-20-43(34-44)56-36-45-19-6-7-22-49(45)50-23-8-9-24-51(50)56/h1-38H. The molecular formula is C60H38. The van der Waals surface area contributed by atoms with Crippen LogP contribution in [0.25, 0.3) is 120 Å². The summed E-state index contributed by atoms with van der Waals surface area (Å²) in [5.74, 6) is 0. The third kappa shape index (κ3) is 5.61. The Labute approximate surface area is 349 Å². The number of hydrogen-bond acceptors (Lipinski definition) is 0. The van der Waals surface area contributed by atoms with Crippen LogP contribution in [0.5, 0.6) is 0 Å². The van der Waals surface area contributed by atoms with Gasteiger partial charge in [0.1, 0.15) is 0 Å². The van der Waals surface area contributed by atoms with E-state index in [-0.39, 0.29) is 0 Å². The van der Waals surface area contributed by atoms with Gasteiger partial charge in [-0.05, 0) is 157 Å². The van der Waals surface area contributed by atoms with Crippen LogP contribution in [0.2, 0.25) is 0 Å². The summed E-state index contributed by atoms with van der Waals surface area (Å²) in [5, 5.41) is 15.1. The summed E-state index contributed by atoms with van der Waals surface area (Å²) in [4.78, 5) is 0. The van der Waals surface area contributed by atoms with Crippen molar-refractivity contribution < 1.29 is 0 Å². The Morgan fingerprint density at radius 1 is 0.167 bits per heavy atom. The van der Waals surface area contributed by atoms with E-state index in [2.05, 4.69) is 231 Å². The van der Waals surface area contributed by atoms with E-state index in [0.717, 1.165) is 0 Å². The van der Waals surface area contributed by atoms with Crippen molar-refractivity contribution in [2.24, 2.45) is 0 Å². The molecule has 0 heteroatoms. The van der Waals surface area contributed by atoms with Crippen molar-refractivity contribution in [2.45, 2.75) is 0 Å². The second-order valence-corrected chi connectivity index (χ2v) is 16.0. The monoisotopic (exact) mass is 758 g/mol. The van der Waals surface area contributed by atoms with Gasteiger partial charge in [0.2, 0.25) is 0 Å². The molecule has 0 aliphatic rings. The molecule has 0 nitrogen and oxygen atoms in total. The van der Waals surface area contributed by atoms with E-state index >= 15 is 0 Å². The molecule has 0 aromatic heterocycles. The lowest BCUT2D eigenvalue weighted by Gasteiger charge is -2.19. The lowest BCUT2D eigenvalue weighted by atomic mass is 9.84. The van der Waals surface area contributed by atoms with Crippen molar-refractivity contribution in [1.29, 1.82) is 0 Å². The Morgan fingerprint density at radius 3 is 1.33 bits per heavy atom. The number of hydrogen-bond donors (Lipinski definition) is 0. The van der Waals surface area contributed by atoms with Crippen LogP contribution in [-0.2, 0) is 0 Å². The molecule has 12 aromatic carbocycles. The molecule has 0 unspecified atom stereocenters. The first-order chi connectivity index (χ1) is 29.7. The van der Waals surface area contributed by atoms with Crippen molar-refractivity contribution in [2.75, 3.05) is 0 Å². The average molecular weight is 759 g/mol. The topological polar surface area (TPSA) is 0 Å². The quantitative estimate of drug-likeness (QED) is 0.121. The molecule has 278 valence electrons. The Kier molecular flexibility index (Phi) is 7.96. The van der Waals surface area contributed by atoms with Crippen LogP contribution in [-0.4, -0.2) is 0 Å². The first-order valence-electron chi connectivity index (χ1n) is 20.8. The van der Waals surface area contributed by atoms with Gasteiger partial charge in [-0.1, -0.05) is 194 Å². The highest BCUT2D eigenvalue weighted by atomic mass is 14.2. The lowest BCUT2D eigenvalue weighted by Crippen LogP contribution is -1.92. The van der Waals surface area contributed by atoms with Gasteiger partial charge in [0.15, 0.2) is 0 Å². The Hall–Kier alpha value is -7.80. The van der Waals surface area contributed by atoms with Gasteiger partial charge in [-0.15, -0.1) is 0 Å². The fourth-order valence-corrected chi connectivity index (χ4v) is 9.79. The molecule has 0 saturated carbocycles. The fourth-order valence-electron chi connectivity index (χ4n) is 9.79. The first kappa shape index (κ1) is 34.3. The van der Waals surface area contributed by atoms with Gasteiger partial charge < -0.3 is 0 Å². The number of benzene rings is 12. The zero-order chi connectivity index (χ0) is 39.6. The normalized spacial score (nSPS) is 11.7. The first-order valence-corrected chi connectivity index (χ1v) is 20.8. The van der Waals surface area contributed by atoms with Crippen LogP contribution in [0.3, 0.4) is 0 Å². The van der Waals surface area contributed by atoms with Gasteiger partial charge in [0, 0.05) is 0 Å². The average Bonchev–Trinajstić information content (AvgIpc) is 3.32. The molecule has 0 heterocycles. The maximum Gasteiger partial charge on any atom is -0.00261 e.